The number of hydrogen-bond donors (Lipinski definition) is 1. The summed E-state index contributed by atoms with van der Waals surface area (Å²) in [6.45, 7) is 0.185. The third kappa shape index (κ3) is 5.48. The molecule has 1 aromatic carbocycles. The van der Waals surface area contributed by atoms with E-state index in [0.717, 1.165) is 42.1 Å². The molecule has 1 N–H and O–H groups in total. The summed E-state index contributed by atoms with van der Waals surface area (Å²) in [6.07, 6.45) is 2.45. The number of hydrogen-bond acceptors (Lipinski definition) is 3. The van der Waals surface area contributed by atoms with E-state index >= 15 is 0 Å². The fourth-order valence-electron chi connectivity index (χ4n) is 4.13. The van der Waals surface area contributed by atoms with Crippen LogP contribution in [0.15, 0.2) is 23.1 Å². The average molecular weight is 467 g/mol. The molecular formula is C20H26ClF3N2O3S. The highest BCUT2D eigenvalue weighted by atomic mass is 35.5. The number of sulfonamides is 1. The van der Waals surface area contributed by atoms with Crippen LogP contribution in [-0.4, -0.2) is 37.8 Å². The summed E-state index contributed by atoms with van der Waals surface area (Å²) in [7, 11) is -4.10. The maximum Gasteiger partial charge on any atom is 0.417 e. The van der Waals surface area contributed by atoms with E-state index in [1.165, 1.54) is 12.8 Å². The molecule has 10 heteroatoms. The Labute approximate surface area is 180 Å². The topological polar surface area (TPSA) is 66.5 Å². The lowest BCUT2D eigenvalue weighted by Crippen LogP contribution is -2.45. The second-order valence-electron chi connectivity index (χ2n) is 8.01. The Bertz CT molecular complexity index is 861. The molecule has 168 valence electrons. The Balaban J connectivity index is 1.63. The van der Waals surface area contributed by atoms with E-state index in [1.54, 1.807) is 0 Å². The molecule has 1 amide bonds. The number of piperidine rings is 1. The molecule has 2 aliphatic rings. The van der Waals surface area contributed by atoms with Gasteiger partial charge in [-0.15, -0.1) is 0 Å². The summed E-state index contributed by atoms with van der Waals surface area (Å²) in [5.41, 5.74) is -1.18. The minimum Gasteiger partial charge on any atom is -0.353 e. The normalized spacial score (nSPS) is 20.7. The first-order chi connectivity index (χ1) is 14.1. The van der Waals surface area contributed by atoms with Crippen molar-refractivity contribution in [2.75, 3.05) is 13.1 Å². The molecule has 1 saturated heterocycles. The number of amides is 1. The SMILES string of the molecule is O=C(NC1CCCCCC1)C1CCN(S(=O)(=O)c2ccc(Cl)c(C(F)(F)F)c2)CC1. The third-order valence-electron chi connectivity index (χ3n) is 5.91. The first-order valence-electron chi connectivity index (χ1n) is 10.3. The molecule has 1 aliphatic heterocycles. The highest BCUT2D eigenvalue weighted by Gasteiger charge is 2.37. The van der Waals surface area contributed by atoms with Crippen molar-refractivity contribution in [3.05, 3.63) is 28.8 Å². The lowest BCUT2D eigenvalue weighted by molar-refractivity contribution is -0.137. The quantitative estimate of drug-likeness (QED) is 0.659. The van der Waals surface area contributed by atoms with Crippen LogP contribution in [0.25, 0.3) is 0 Å². The van der Waals surface area contributed by atoms with Crippen LogP contribution in [0.2, 0.25) is 5.02 Å². The van der Waals surface area contributed by atoms with Gasteiger partial charge in [0, 0.05) is 25.0 Å². The van der Waals surface area contributed by atoms with Crippen LogP contribution in [0.5, 0.6) is 0 Å². The van der Waals surface area contributed by atoms with Gasteiger partial charge in [-0.1, -0.05) is 37.3 Å². The van der Waals surface area contributed by atoms with Crippen molar-refractivity contribution in [2.45, 2.75) is 68.5 Å². The van der Waals surface area contributed by atoms with E-state index < -0.39 is 31.7 Å². The van der Waals surface area contributed by atoms with Crippen LogP contribution < -0.4 is 5.32 Å². The summed E-state index contributed by atoms with van der Waals surface area (Å²) in [6, 6.07) is 2.78. The smallest absolute Gasteiger partial charge is 0.353 e. The summed E-state index contributed by atoms with van der Waals surface area (Å²) >= 11 is 5.59. The van der Waals surface area contributed by atoms with E-state index in [4.69, 9.17) is 11.6 Å². The molecule has 0 spiro atoms. The van der Waals surface area contributed by atoms with Gasteiger partial charge in [-0.25, -0.2) is 8.42 Å². The molecule has 1 heterocycles. The van der Waals surface area contributed by atoms with E-state index in [-0.39, 0.29) is 31.0 Å². The van der Waals surface area contributed by atoms with Gasteiger partial charge in [0.05, 0.1) is 15.5 Å². The molecule has 1 aromatic rings. The van der Waals surface area contributed by atoms with Crippen LogP contribution in [0.1, 0.15) is 56.9 Å². The summed E-state index contributed by atoms with van der Waals surface area (Å²) < 4.78 is 66.0. The minimum atomic E-state index is -4.74. The van der Waals surface area contributed by atoms with Crippen molar-refractivity contribution in [2.24, 2.45) is 5.92 Å². The number of carbonyl (C=O) groups is 1. The lowest BCUT2D eigenvalue weighted by atomic mass is 9.96. The molecule has 0 bridgehead atoms. The highest BCUT2D eigenvalue weighted by Crippen LogP contribution is 2.36. The van der Waals surface area contributed by atoms with Gasteiger partial charge < -0.3 is 5.32 Å². The molecule has 2 fully saturated rings. The van der Waals surface area contributed by atoms with Crippen LogP contribution in [-0.2, 0) is 21.0 Å². The van der Waals surface area contributed by atoms with Crippen molar-refractivity contribution in [3.8, 4) is 0 Å². The molecule has 0 radical (unpaired) electrons. The molecule has 5 nitrogen and oxygen atoms in total. The molecule has 1 aliphatic carbocycles. The second kappa shape index (κ2) is 9.44. The molecule has 0 atom stereocenters. The van der Waals surface area contributed by atoms with E-state index in [1.807, 2.05) is 0 Å². The number of halogens is 4. The van der Waals surface area contributed by atoms with E-state index in [9.17, 15) is 26.4 Å². The van der Waals surface area contributed by atoms with Crippen molar-refractivity contribution < 1.29 is 26.4 Å². The largest absolute Gasteiger partial charge is 0.417 e. The zero-order chi connectivity index (χ0) is 21.9. The molecule has 0 unspecified atom stereocenters. The van der Waals surface area contributed by atoms with Gasteiger partial charge in [-0.05, 0) is 43.9 Å². The van der Waals surface area contributed by atoms with Gasteiger partial charge in [0.15, 0.2) is 0 Å². The average Bonchev–Trinajstić information content (AvgIpc) is 2.96. The molecular weight excluding hydrogens is 441 g/mol. The first-order valence-corrected chi connectivity index (χ1v) is 12.1. The standard InChI is InChI=1S/C20H26ClF3N2O3S/c21-18-8-7-16(13-17(18)20(22,23)24)30(28,29)26-11-9-14(10-12-26)19(27)25-15-5-3-1-2-4-6-15/h7-8,13-15H,1-6,9-12H2,(H,25,27). The third-order valence-corrected chi connectivity index (χ3v) is 8.13. The maximum atomic E-state index is 13.1. The Hall–Kier alpha value is -1.32. The molecule has 30 heavy (non-hydrogen) atoms. The van der Waals surface area contributed by atoms with Gasteiger partial charge in [-0.3, -0.25) is 4.79 Å². The Kier molecular flexibility index (Phi) is 7.35. The van der Waals surface area contributed by atoms with Gasteiger partial charge in [-0.2, -0.15) is 17.5 Å². The summed E-state index contributed by atoms with van der Waals surface area (Å²) in [5.74, 6) is -0.333. The van der Waals surface area contributed by atoms with Crippen LogP contribution in [0.3, 0.4) is 0 Å². The predicted molar refractivity (Wildman–Crippen MR) is 108 cm³/mol. The van der Waals surface area contributed by atoms with Crippen LogP contribution >= 0.6 is 11.6 Å². The number of rotatable bonds is 4. The number of benzene rings is 1. The first kappa shape index (κ1) is 23.3. The van der Waals surface area contributed by atoms with Crippen molar-refractivity contribution in [1.82, 2.24) is 9.62 Å². The Morgan fingerprint density at radius 3 is 2.20 bits per heavy atom. The fourth-order valence-corrected chi connectivity index (χ4v) is 5.85. The number of carbonyl (C=O) groups excluding carboxylic acids is 1. The summed E-state index contributed by atoms with van der Waals surface area (Å²) in [5, 5.41) is 2.55. The lowest BCUT2D eigenvalue weighted by Gasteiger charge is -2.31. The minimum absolute atomic E-state index is 0.0511. The van der Waals surface area contributed by atoms with Crippen molar-refractivity contribution in [3.63, 3.8) is 0 Å². The predicted octanol–water partition coefficient (Wildman–Crippen LogP) is 4.60. The molecule has 1 saturated carbocycles. The fraction of sp³-hybridized carbons (Fsp3) is 0.650. The zero-order valence-corrected chi connectivity index (χ0v) is 18.1. The van der Waals surface area contributed by atoms with Gasteiger partial charge >= 0.3 is 6.18 Å². The van der Waals surface area contributed by atoms with E-state index in [2.05, 4.69) is 5.32 Å². The van der Waals surface area contributed by atoms with Crippen LogP contribution in [0, 0.1) is 5.92 Å². The Morgan fingerprint density at radius 1 is 1.03 bits per heavy atom. The van der Waals surface area contributed by atoms with Crippen molar-refractivity contribution in [1.29, 1.82) is 0 Å². The number of nitrogens with one attached hydrogen (secondary N) is 1. The maximum absolute atomic E-state index is 13.1. The van der Waals surface area contributed by atoms with Gasteiger partial charge in [0.2, 0.25) is 15.9 Å². The molecule has 3 rings (SSSR count). The monoisotopic (exact) mass is 466 g/mol. The molecule has 0 aromatic heterocycles. The van der Waals surface area contributed by atoms with E-state index in [0.29, 0.717) is 18.9 Å². The zero-order valence-electron chi connectivity index (χ0n) is 16.5. The van der Waals surface area contributed by atoms with Gasteiger partial charge in [0.25, 0.3) is 0 Å². The summed E-state index contributed by atoms with van der Waals surface area (Å²) in [4.78, 5) is 12.1. The second-order valence-corrected chi connectivity index (χ2v) is 10.4. The number of nitrogens with zero attached hydrogens (tertiary/aromatic N) is 1. The van der Waals surface area contributed by atoms with Gasteiger partial charge in [0.1, 0.15) is 0 Å². The van der Waals surface area contributed by atoms with Crippen LogP contribution in [0.4, 0.5) is 13.2 Å². The Morgan fingerprint density at radius 2 is 1.63 bits per heavy atom. The highest BCUT2D eigenvalue weighted by molar-refractivity contribution is 7.89. The number of alkyl halides is 3. The van der Waals surface area contributed by atoms with Crippen molar-refractivity contribution >= 4 is 27.5 Å².